The molecule has 1 unspecified atom stereocenters. The van der Waals surface area contributed by atoms with Crippen LogP contribution in [0.5, 0.6) is 0 Å². The molecule has 5 nitrogen and oxygen atoms in total. The summed E-state index contributed by atoms with van der Waals surface area (Å²) in [7, 11) is 3.53. The molecule has 0 aliphatic carbocycles. The Balaban J connectivity index is 1.80. The largest absolute Gasteiger partial charge is 0.351 e. The highest BCUT2D eigenvalue weighted by molar-refractivity contribution is 8.76. The highest BCUT2D eigenvalue weighted by Gasteiger charge is 2.26. The standard InChI is InChI=1S/C10H12N2O3S2/c13-8(11-7-3-4-16-17-6-7)5-12-9(14)1-2-10(12)15/h1-2,7H,3-6H2,(H,11,13). The molecule has 2 aliphatic rings. The molecule has 0 aromatic heterocycles. The summed E-state index contributed by atoms with van der Waals surface area (Å²) in [6.07, 6.45) is 3.30. The number of nitrogens with zero attached hydrogens (tertiary/aromatic N) is 1. The maximum absolute atomic E-state index is 11.7. The SMILES string of the molecule is O=C(CN1C(=O)C=CC1=O)NC1CCSSC1. The van der Waals surface area contributed by atoms with E-state index < -0.39 is 11.8 Å². The van der Waals surface area contributed by atoms with E-state index in [1.165, 1.54) is 12.2 Å². The average Bonchev–Trinajstić information content (AvgIpc) is 2.62. The quantitative estimate of drug-likeness (QED) is 0.586. The minimum absolute atomic E-state index is 0.148. The number of hydrogen-bond acceptors (Lipinski definition) is 5. The lowest BCUT2D eigenvalue weighted by Crippen LogP contribution is -2.45. The number of carbonyl (C=O) groups excluding carboxylic acids is 3. The first-order valence-corrected chi connectivity index (χ1v) is 7.73. The number of carbonyl (C=O) groups is 3. The summed E-state index contributed by atoms with van der Waals surface area (Å²) in [5, 5.41) is 2.84. The van der Waals surface area contributed by atoms with Crippen molar-refractivity contribution in [2.75, 3.05) is 18.1 Å². The number of nitrogens with one attached hydrogen (secondary N) is 1. The van der Waals surface area contributed by atoms with Crippen LogP contribution in [0.25, 0.3) is 0 Å². The first kappa shape index (κ1) is 12.5. The van der Waals surface area contributed by atoms with Crippen molar-refractivity contribution in [1.82, 2.24) is 10.2 Å². The Morgan fingerprint density at radius 3 is 2.65 bits per heavy atom. The molecule has 1 N–H and O–H groups in total. The van der Waals surface area contributed by atoms with Crippen molar-refractivity contribution in [3.63, 3.8) is 0 Å². The topological polar surface area (TPSA) is 66.5 Å². The fourth-order valence-corrected chi connectivity index (χ4v) is 4.01. The molecule has 3 amide bonds. The Hall–Kier alpha value is -0.950. The van der Waals surface area contributed by atoms with Crippen LogP contribution in [0, 0.1) is 0 Å². The second-order valence-electron chi connectivity index (χ2n) is 3.76. The van der Waals surface area contributed by atoms with Gasteiger partial charge in [-0.2, -0.15) is 0 Å². The van der Waals surface area contributed by atoms with Gasteiger partial charge >= 0.3 is 0 Å². The Morgan fingerprint density at radius 2 is 2.06 bits per heavy atom. The number of rotatable bonds is 3. The minimum atomic E-state index is -0.418. The Labute approximate surface area is 107 Å². The van der Waals surface area contributed by atoms with Crippen molar-refractivity contribution in [1.29, 1.82) is 0 Å². The Kier molecular flexibility index (Phi) is 4.11. The highest BCUT2D eigenvalue weighted by Crippen LogP contribution is 2.29. The lowest BCUT2D eigenvalue weighted by molar-refractivity contribution is -0.141. The maximum Gasteiger partial charge on any atom is 0.254 e. The lowest BCUT2D eigenvalue weighted by Gasteiger charge is -2.23. The van der Waals surface area contributed by atoms with Crippen LogP contribution in [0.4, 0.5) is 0 Å². The van der Waals surface area contributed by atoms with Crippen LogP contribution < -0.4 is 5.32 Å². The van der Waals surface area contributed by atoms with Gasteiger partial charge in [0.2, 0.25) is 5.91 Å². The molecule has 2 aliphatic heterocycles. The van der Waals surface area contributed by atoms with Gasteiger partial charge in [-0.3, -0.25) is 19.3 Å². The third-order valence-corrected chi connectivity index (χ3v) is 4.99. The summed E-state index contributed by atoms with van der Waals surface area (Å²) < 4.78 is 0. The van der Waals surface area contributed by atoms with Gasteiger partial charge in [-0.1, -0.05) is 21.6 Å². The number of hydrogen-bond donors (Lipinski definition) is 1. The smallest absolute Gasteiger partial charge is 0.254 e. The van der Waals surface area contributed by atoms with Crippen molar-refractivity contribution in [3.8, 4) is 0 Å². The zero-order valence-electron chi connectivity index (χ0n) is 9.05. The molecular weight excluding hydrogens is 260 g/mol. The van der Waals surface area contributed by atoms with E-state index in [0.29, 0.717) is 0 Å². The maximum atomic E-state index is 11.7. The average molecular weight is 272 g/mol. The summed E-state index contributed by atoms with van der Waals surface area (Å²) in [5.41, 5.74) is 0. The minimum Gasteiger partial charge on any atom is -0.351 e. The molecule has 0 radical (unpaired) electrons. The molecule has 2 rings (SSSR count). The van der Waals surface area contributed by atoms with Gasteiger partial charge in [0.05, 0.1) is 0 Å². The fraction of sp³-hybridized carbons (Fsp3) is 0.500. The second kappa shape index (κ2) is 5.59. The first-order chi connectivity index (χ1) is 8.16. The first-order valence-electron chi connectivity index (χ1n) is 5.24. The summed E-state index contributed by atoms with van der Waals surface area (Å²) in [6.45, 7) is -0.182. The second-order valence-corrected chi connectivity index (χ2v) is 6.38. The van der Waals surface area contributed by atoms with E-state index in [0.717, 1.165) is 22.8 Å². The van der Waals surface area contributed by atoms with Gasteiger partial charge in [-0.15, -0.1) is 0 Å². The molecule has 17 heavy (non-hydrogen) atoms. The Morgan fingerprint density at radius 1 is 1.35 bits per heavy atom. The van der Waals surface area contributed by atoms with Gasteiger partial charge in [0, 0.05) is 29.7 Å². The van der Waals surface area contributed by atoms with Gasteiger partial charge < -0.3 is 5.32 Å². The van der Waals surface area contributed by atoms with Crippen molar-refractivity contribution in [3.05, 3.63) is 12.2 Å². The van der Waals surface area contributed by atoms with Crippen molar-refractivity contribution in [2.45, 2.75) is 12.5 Å². The molecule has 2 heterocycles. The number of amides is 3. The summed E-state index contributed by atoms with van der Waals surface area (Å²) in [5.74, 6) is 0.778. The van der Waals surface area contributed by atoms with E-state index in [-0.39, 0.29) is 18.5 Å². The molecule has 1 fully saturated rings. The molecule has 1 saturated heterocycles. The van der Waals surface area contributed by atoms with E-state index in [1.807, 2.05) is 0 Å². The van der Waals surface area contributed by atoms with Crippen LogP contribution in [-0.2, 0) is 14.4 Å². The van der Waals surface area contributed by atoms with Crippen molar-refractivity contribution < 1.29 is 14.4 Å². The summed E-state index contributed by atoms with van der Waals surface area (Å²) in [4.78, 5) is 35.1. The normalized spacial score (nSPS) is 24.2. The molecule has 1 atom stereocenters. The summed E-state index contributed by atoms with van der Waals surface area (Å²) >= 11 is 0. The molecule has 0 saturated carbocycles. The van der Waals surface area contributed by atoms with Crippen molar-refractivity contribution >= 4 is 39.3 Å². The van der Waals surface area contributed by atoms with Gasteiger partial charge in [0.15, 0.2) is 0 Å². The highest BCUT2D eigenvalue weighted by atomic mass is 33.1. The molecule has 0 spiro atoms. The summed E-state index contributed by atoms with van der Waals surface area (Å²) in [6, 6.07) is 0.148. The monoisotopic (exact) mass is 272 g/mol. The van der Waals surface area contributed by atoms with Gasteiger partial charge in [0.25, 0.3) is 11.8 Å². The Bertz CT molecular complexity index is 360. The van der Waals surface area contributed by atoms with Crippen LogP contribution in [0.2, 0.25) is 0 Å². The predicted octanol–water partition coefficient (Wildman–Crippen LogP) is 0.181. The molecule has 92 valence electrons. The van der Waals surface area contributed by atoms with Crippen molar-refractivity contribution in [2.24, 2.45) is 0 Å². The molecular formula is C10H12N2O3S2. The zero-order valence-corrected chi connectivity index (χ0v) is 10.7. The predicted molar refractivity (Wildman–Crippen MR) is 67.3 cm³/mol. The third kappa shape index (κ3) is 3.26. The van der Waals surface area contributed by atoms with Gasteiger partial charge in [0.1, 0.15) is 6.54 Å². The van der Waals surface area contributed by atoms with E-state index in [2.05, 4.69) is 5.32 Å². The van der Waals surface area contributed by atoms with Crippen LogP contribution >= 0.6 is 21.6 Å². The van der Waals surface area contributed by atoms with E-state index in [9.17, 15) is 14.4 Å². The number of imide groups is 1. The van der Waals surface area contributed by atoms with Crippen LogP contribution in [0.1, 0.15) is 6.42 Å². The molecule has 0 aromatic rings. The third-order valence-electron chi connectivity index (χ3n) is 2.47. The van der Waals surface area contributed by atoms with E-state index in [4.69, 9.17) is 0 Å². The molecule has 7 heteroatoms. The fourth-order valence-electron chi connectivity index (χ4n) is 1.58. The lowest BCUT2D eigenvalue weighted by atomic mass is 10.2. The van der Waals surface area contributed by atoms with Crippen LogP contribution in [0.3, 0.4) is 0 Å². The van der Waals surface area contributed by atoms with Crippen LogP contribution in [0.15, 0.2) is 12.2 Å². The van der Waals surface area contributed by atoms with E-state index in [1.54, 1.807) is 21.6 Å². The van der Waals surface area contributed by atoms with Gasteiger partial charge in [-0.05, 0) is 6.42 Å². The molecule has 0 aromatic carbocycles. The zero-order chi connectivity index (χ0) is 12.3. The van der Waals surface area contributed by atoms with Crippen LogP contribution in [-0.4, -0.2) is 46.7 Å². The van der Waals surface area contributed by atoms with Gasteiger partial charge in [-0.25, -0.2) is 0 Å². The van der Waals surface area contributed by atoms with E-state index >= 15 is 0 Å². The molecule has 0 bridgehead atoms.